The monoisotopic (exact) mass is 392 g/mol. The van der Waals surface area contributed by atoms with Gasteiger partial charge in [0.15, 0.2) is 0 Å². The van der Waals surface area contributed by atoms with Crippen LogP contribution in [0.3, 0.4) is 0 Å². The molecule has 0 fully saturated rings. The summed E-state index contributed by atoms with van der Waals surface area (Å²) in [4.78, 5) is 2.01. The Balaban J connectivity index is 3.11. The highest BCUT2D eigenvalue weighted by Crippen LogP contribution is 2.30. The zero-order valence-corrected chi connectivity index (χ0v) is 19.1. The van der Waals surface area contributed by atoms with Gasteiger partial charge in [-0.1, -0.05) is 58.4 Å². The standard InChI is InChI=1S/C24H44N2O2/c1-6-10-12-14-16-20-18-21(17-15-13-11-7-2)23(25-22(20)19-28-5)24(27)26(8-3)9-4/h18,25,27H,6-17,19H2,1-5H3/b24-23-. The summed E-state index contributed by atoms with van der Waals surface area (Å²) in [7, 11) is 1.74. The Morgan fingerprint density at radius 1 is 0.929 bits per heavy atom. The van der Waals surface area contributed by atoms with Crippen molar-refractivity contribution >= 4 is 0 Å². The van der Waals surface area contributed by atoms with Gasteiger partial charge in [-0.25, -0.2) is 0 Å². The SMILES string of the molecule is CCCCCCC1=CC(CCCCCC)=C(COC)N/C1=C(\O)N(CC)CC. The lowest BCUT2D eigenvalue weighted by Gasteiger charge is -2.29. The summed E-state index contributed by atoms with van der Waals surface area (Å²) in [6, 6.07) is 0. The van der Waals surface area contributed by atoms with Crippen LogP contribution in [0.15, 0.2) is 34.5 Å². The lowest BCUT2D eigenvalue weighted by Crippen LogP contribution is -2.31. The molecule has 0 unspecified atom stereocenters. The summed E-state index contributed by atoms with van der Waals surface area (Å²) >= 11 is 0. The van der Waals surface area contributed by atoms with Crippen LogP contribution >= 0.6 is 0 Å². The Hall–Kier alpha value is -1.42. The molecule has 0 aromatic rings. The molecule has 1 rings (SSSR count). The van der Waals surface area contributed by atoms with Gasteiger partial charge >= 0.3 is 0 Å². The third-order valence-electron chi connectivity index (χ3n) is 5.51. The van der Waals surface area contributed by atoms with E-state index in [-0.39, 0.29) is 0 Å². The number of aliphatic hydroxyl groups excluding tert-OH is 1. The van der Waals surface area contributed by atoms with Crippen molar-refractivity contribution in [2.45, 2.75) is 91.9 Å². The summed E-state index contributed by atoms with van der Waals surface area (Å²) in [5.74, 6) is 0.366. The molecule has 0 bridgehead atoms. The van der Waals surface area contributed by atoms with Crippen molar-refractivity contribution in [3.8, 4) is 0 Å². The topological polar surface area (TPSA) is 44.7 Å². The Morgan fingerprint density at radius 2 is 1.54 bits per heavy atom. The van der Waals surface area contributed by atoms with Crippen molar-refractivity contribution < 1.29 is 9.84 Å². The molecular formula is C24H44N2O2. The molecule has 0 saturated carbocycles. The van der Waals surface area contributed by atoms with Crippen molar-refractivity contribution in [3.63, 3.8) is 0 Å². The summed E-state index contributed by atoms with van der Waals surface area (Å²) in [6.45, 7) is 10.8. The number of rotatable bonds is 15. The predicted molar refractivity (Wildman–Crippen MR) is 120 cm³/mol. The third kappa shape index (κ3) is 7.90. The normalized spacial score (nSPS) is 16.1. The average Bonchev–Trinajstić information content (AvgIpc) is 2.70. The number of ether oxygens (including phenoxy) is 1. The quantitative estimate of drug-likeness (QED) is 0.249. The number of allylic oxidation sites excluding steroid dienone is 3. The molecule has 1 heterocycles. The lowest BCUT2D eigenvalue weighted by molar-refractivity contribution is 0.204. The van der Waals surface area contributed by atoms with E-state index in [1.807, 2.05) is 4.90 Å². The first kappa shape index (κ1) is 24.6. The number of aliphatic hydroxyl groups is 1. The minimum absolute atomic E-state index is 0.366. The fourth-order valence-corrected chi connectivity index (χ4v) is 3.74. The Kier molecular flexibility index (Phi) is 12.8. The fraction of sp³-hybridized carbons (Fsp3) is 0.750. The van der Waals surface area contributed by atoms with Gasteiger partial charge in [-0.15, -0.1) is 0 Å². The zero-order valence-electron chi connectivity index (χ0n) is 19.1. The van der Waals surface area contributed by atoms with Crippen molar-refractivity contribution in [1.29, 1.82) is 0 Å². The second-order valence-corrected chi connectivity index (χ2v) is 7.72. The molecule has 4 nitrogen and oxygen atoms in total. The number of hydrogen-bond donors (Lipinski definition) is 2. The first-order valence-corrected chi connectivity index (χ1v) is 11.5. The van der Waals surface area contributed by atoms with Crippen molar-refractivity contribution in [1.82, 2.24) is 10.2 Å². The van der Waals surface area contributed by atoms with Crippen LogP contribution < -0.4 is 5.32 Å². The number of unbranched alkanes of at least 4 members (excludes halogenated alkanes) is 6. The van der Waals surface area contributed by atoms with Gasteiger partial charge in [-0.3, -0.25) is 0 Å². The van der Waals surface area contributed by atoms with Crippen LogP contribution in [0.1, 0.15) is 91.9 Å². The number of methoxy groups -OCH3 is 1. The van der Waals surface area contributed by atoms with Gasteiger partial charge in [-0.05, 0) is 50.7 Å². The van der Waals surface area contributed by atoms with Gasteiger partial charge in [-0.2, -0.15) is 0 Å². The summed E-state index contributed by atoms with van der Waals surface area (Å²) < 4.78 is 5.46. The van der Waals surface area contributed by atoms with E-state index >= 15 is 0 Å². The molecule has 28 heavy (non-hydrogen) atoms. The highest BCUT2D eigenvalue weighted by atomic mass is 16.5. The van der Waals surface area contributed by atoms with E-state index in [0.29, 0.717) is 12.5 Å². The highest BCUT2D eigenvalue weighted by Gasteiger charge is 2.22. The molecule has 0 radical (unpaired) electrons. The first-order valence-electron chi connectivity index (χ1n) is 11.5. The van der Waals surface area contributed by atoms with Gasteiger partial charge in [0.25, 0.3) is 0 Å². The Morgan fingerprint density at radius 3 is 2.07 bits per heavy atom. The molecule has 1 aliphatic rings. The van der Waals surface area contributed by atoms with E-state index in [0.717, 1.165) is 37.3 Å². The summed E-state index contributed by atoms with van der Waals surface area (Å²) in [5, 5.41) is 14.5. The van der Waals surface area contributed by atoms with Gasteiger partial charge in [0.05, 0.1) is 6.61 Å². The Bertz CT molecular complexity index is 531. The third-order valence-corrected chi connectivity index (χ3v) is 5.51. The van der Waals surface area contributed by atoms with Gasteiger partial charge in [0, 0.05) is 25.9 Å². The average molecular weight is 393 g/mol. The van der Waals surface area contributed by atoms with E-state index < -0.39 is 0 Å². The number of hydrogen-bond acceptors (Lipinski definition) is 4. The first-order chi connectivity index (χ1) is 13.6. The van der Waals surface area contributed by atoms with Crippen molar-refractivity contribution in [2.75, 3.05) is 26.8 Å². The van der Waals surface area contributed by atoms with E-state index in [1.165, 1.54) is 62.5 Å². The zero-order chi connectivity index (χ0) is 20.8. The largest absolute Gasteiger partial charge is 0.493 e. The van der Waals surface area contributed by atoms with Crippen molar-refractivity contribution in [2.24, 2.45) is 0 Å². The van der Waals surface area contributed by atoms with Crippen LogP contribution in [0.5, 0.6) is 0 Å². The molecule has 1 aliphatic heterocycles. The molecule has 0 atom stereocenters. The number of nitrogens with one attached hydrogen (secondary N) is 1. The molecule has 0 amide bonds. The van der Waals surface area contributed by atoms with Crippen LogP contribution in [0, 0.1) is 0 Å². The minimum atomic E-state index is 0.366. The van der Waals surface area contributed by atoms with E-state index in [1.54, 1.807) is 7.11 Å². The van der Waals surface area contributed by atoms with Gasteiger partial charge < -0.3 is 20.1 Å². The van der Waals surface area contributed by atoms with E-state index in [9.17, 15) is 5.11 Å². The molecule has 0 saturated heterocycles. The summed E-state index contributed by atoms with van der Waals surface area (Å²) in [5.41, 5.74) is 4.57. The lowest BCUT2D eigenvalue weighted by atomic mass is 9.93. The van der Waals surface area contributed by atoms with Crippen LogP contribution in [0.4, 0.5) is 0 Å². The predicted octanol–water partition coefficient (Wildman–Crippen LogP) is 6.43. The Labute approximate surface area is 173 Å². The molecule has 0 aliphatic carbocycles. The molecule has 0 aromatic heterocycles. The molecule has 0 spiro atoms. The smallest absolute Gasteiger partial charge is 0.211 e. The van der Waals surface area contributed by atoms with E-state index in [2.05, 4.69) is 39.1 Å². The molecular weight excluding hydrogens is 348 g/mol. The summed E-state index contributed by atoms with van der Waals surface area (Å²) in [6.07, 6.45) is 14.4. The van der Waals surface area contributed by atoms with Gasteiger partial charge in [0.1, 0.15) is 5.70 Å². The molecule has 162 valence electrons. The number of dihydropyridines is 1. The highest BCUT2D eigenvalue weighted by molar-refractivity contribution is 5.46. The number of nitrogens with zero attached hydrogens (tertiary/aromatic N) is 1. The second-order valence-electron chi connectivity index (χ2n) is 7.72. The maximum absolute atomic E-state index is 11.0. The molecule has 0 aromatic carbocycles. The van der Waals surface area contributed by atoms with Crippen LogP contribution in [-0.4, -0.2) is 36.8 Å². The van der Waals surface area contributed by atoms with E-state index in [4.69, 9.17) is 4.74 Å². The van der Waals surface area contributed by atoms with Crippen molar-refractivity contribution in [3.05, 3.63) is 34.5 Å². The van der Waals surface area contributed by atoms with Gasteiger partial charge in [0.2, 0.25) is 5.88 Å². The van der Waals surface area contributed by atoms with Crippen LogP contribution in [0.2, 0.25) is 0 Å². The maximum atomic E-state index is 11.0. The minimum Gasteiger partial charge on any atom is -0.493 e. The molecule has 4 heteroatoms. The van der Waals surface area contributed by atoms with Crippen LogP contribution in [0.25, 0.3) is 0 Å². The fourth-order valence-electron chi connectivity index (χ4n) is 3.74. The second kappa shape index (κ2) is 14.6. The molecule has 2 N–H and O–H groups in total. The van der Waals surface area contributed by atoms with Crippen LogP contribution in [-0.2, 0) is 4.74 Å². The maximum Gasteiger partial charge on any atom is 0.211 e.